The molecule has 98 valence electrons. The summed E-state index contributed by atoms with van der Waals surface area (Å²) in [4.78, 5) is 10.7. The van der Waals surface area contributed by atoms with Gasteiger partial charge in [0, 0.05) is 5.02 Å². The number of rotatable bonds is 3. The topological polar surface area (TPSA) is 26.3 Å². The zero-order valence-electron chi connectivity index (χ0n) is 9.12. The molecule has 18 heavy (non-hydrogen) atoms. The molecule has 0 bridgehead atoms. The summed E-state index contributed by atoms with van der Waals surface area (Å²) < 4.78 is 41.1. The van der Waals surface area contributed by atoms with E-state index < -0.39 is 28.1 Å². The third kappa shape index (κ3) is 5.01. The first-order chi connectivity index (χ1) is 8.31. The lowest BCUT2D eigenvalue weighted by molar-refractivity contribution is -0.135. The maximum Gasteiger partial charge on any atom is 0.446 e. The molecule has 7 heteroatoms. The van der Waals surface area contributed by atoms with Gasteiger partial charge in [-0.25, -0.2) is 4.79 Å². The van der Waals surface area contributed by atoms with Crippen molar-refractivity contribution in [2.75, 3.05) is 7.11 Å². The molecule has 0 aliphatic carbocycles. The van der Waals surface area contributed by atoms with Gasteiger partial charge in [0.25, 0.3) is 0 Å². The second-order valence-corrected chi connectivity index (χ2v) is 4.64. The van der Waals surface area contributed by atoms with E-state index >= 15 is 0 Å². The van der Waals surface area contributed by atoms with Gasteiger partial charge in [0.1, 0.15) is 4.91 Å². The fraction of sp³-hybridized carbons (Fsp3) is 0.182. The number of ether oxygens (including phenoxy) is 1. The first kappa shape index (κ1) is 14.9. The Kier molecular flexibility index (Phi) is 5.10. The van der Waals surface area contributed by atoms with Gasteiger partial charge in [0.2, 0.25) is 0 Å². The molecule has 1 aromatic carbocycles. The van der Waals surface area contributed by atoms with Gasteiger partial charge >= 0.3 is 11.5 Å². The number of methoxy groups -OCH3 is 1. The minimum atomic E-state index is -4.55. The van der Waals surface area contributed by atoms with Crippen molar-refractivity contribution < 1.29 is 22.7 Å². The van der Waals surface area contributed by atoms with Crippen molar-refractivity contribution >= 4 is 35.4 Å². The Bertz CT molecular complexity index is 454. The largest absolute Gasteiger partial charge is 0.465 e. The van der Waals surface area contributed by atoms with E-state index in [9.17, 15) is 18.0 Å². The van der Waals surface area contributed by atoms with E-state index in [0.29, 0.717) is 10.6 Å². The number of carbonyl (C=O) groups is 1. The van der Waals surface area contributed by atoms with Crippen LogP contribution < -0.4 is 0 Å². The highest BCUT2D eigenvalue weighted by molar-refractivity contribution is 8.04. The highest BCUT2D eigenvalue weighted by atomic mass is 35.5. The van der Waals surface area contributed by atoms with Crippen molar-refractivity contribution in [2.24, 2.45) is 0 Å². The molecule has 0 amide bonds. The van der Waals surface area contributed by atoms with E-state index in [2.05, 4.69) is 4.74 Å². The lowest BCUT2D eigenvalue weighted by atomic mass is 10.2. The molecule has 0 spiro atoms. The second kappa shape index (κ2) is 6.15. The summed E-state index contributed by atoms with van der Waals surface area (Å²) in [5.41, 5.74) is -4.12. The Morgan fingerprint density at radius 3 is 2.33 bits per heavy atom. The Labute approximate surface area is 111 Å². The molecule has 2 nitrogen and oxygen atoms in total. The lowest BCUT2D eigenvalue weighted by Gasteiger charge is -2.08. The molecule has 0 radical (unpaired) electrons. The minimum Gasteiger partial charge on any atom is -0.465 e. The van der Waals surface area contributed by atoms with Gasteiger partial charge in [0.05, 0.1) is 7.11 Å². The van der Waals surface area contributed by atoms with E-state index in [1.54, 1.807) is 0 Å². The smallest absolute Gasteiger partial charge is 0.446 e. The SMILES string of the molecule is COC(=O)/C(=C/c1ccc(Cl)cc1)SC(F)(F)F. The summed E-state index contributed by atoms with van der Waals surface area (Å²) in [5, 5.41) is 0.454. The van der Waals surface area contributed by atoms with E-state index in [4.69, 9.17) is 11.6 Å². The van der Waals surface area contributed by atoms with Crippen LogP contribution in [0.5, 0.6) is 0 Å². The van der Waals surface area contributed by atoms with Crippen molar-refractivity contribution in [2.45, 2.75) is 5.51 Å². The zero-order chi connectivity index (χ0) is 13.8. The number of halogens is 4. The first-order valence-electron chi connectivity index (χ1n) is 4.63. The Morgan fingerprint density at radius 1 is 1.33 bits per heavy atom. The molecule has 0 fully saturated rings. The standard InChI is InChI=1S/C11H8ClF3O2S/c1-17-10(16)9(18-11(13,14)15)6-7-2-4-8(12)5-3-7/h2-6H,1H3/b9-6-. The summed E-state index contributed by atoms with van der Waals surface area (Å²) in [7, 11) is 1.02. The zero-order valence-corrected chi connectivity index (χ0v) is 10.7. The summed E-state index contributed by atoms with van der Waals surface area (Å²) in [6, 6.07) is 6.03. The second-order valence-electron chi connectivity index (χ2n) is 3.10. The van der Waals surface area contributed by atoms with Crippen molar-refractivity contribution in [3.63, 3.8) is 0 Å². The molecule has 0 N–H and O–H groups in total. The molecule has 0 saturated heterocycles. The molecule has 1 aromatic rings. The summed E-state index contributed by atoms with van der Waals surface area (Å²) in [5.74, 6) is -1.03. The van der Waals surface area contributed by atoms with Gasteiger partial charge in [-0.05, 0) is 35.5 Å². The quantitative estimate of drug-likeness (QED) is 0.620. The molecule has 0 saturated carbocycles. The van der Waals surface area contributed by atoms with Crippen molar-refractivity contribution in [1.82, 2.24) is 0 Å². The van der Waals surface area contributed by atoms with Gasteiger partial charge in [-0.3, -0.25) is 0 Å². The average molecular weight is 297 g/mol. The van der Waals surface area contributed by atoms with Crippen molar-refractivity contribution in [3.05, 3.63) is 39.8 Å². The van der Waals surface area contributed by atoms with Crippen LogP contribution in [0.2, 0.25) is 5.02 Å². The van der Waals surface area contributed by atoms with E-state index in [1.165, 1.54) is 24.3 Å². The van der Waals surface area contributed by atoms with E-state index in [1.807, 2.05) is 0 Å². The number of thioether (sulfide) groups is 1. The van der Waals surface area contributed by atoms with Crippen LogP contribution in [-0.2, 0) is 9.53 Å². The predicted octanol–water partition coefficient (Wildman–Crippen LogP) is 4.11. The third-order valence-electron chi connectivity index (χ3n) is 1.78. The molecule has 1 rings (SSSR count). The number of carbonyl (C=O) groups excluding carboxylic acids is 1. The van der Waals surface area contributed by atoms with Gasteiger partial charge < -0.3 is 4.74 Å². The monoisotopic (exact) mass is 296 g/mol. The summed E-state index contributed by atoms with van der Waals surface area (Å²) in [6.07, 6.45) is 1.10. The maximum absolute atomic E-state index is 12.3. The molecule has 0 aromatic heterocycles. The van der Waals surface area contributed by atoms with Crippen LogP contribution in [0.1, 0.15) is 5.56 Å². The maximum atomic E-state index is 12.3. The molecular formula is C11H8ClF3O2S. The number of benzene rings is 1. The van der Waals surface area contributed by atoms with Crippen LogP contribution in [-0.4, -0.2) is 18.6 Å². The van der Waals surface area contributed by atoms with Crippen molar-refractivity contribution in [3.8, 4) is 0 Å². The van der Waals surface area contributed by atoms with E-state index in [-0.39, 0.29) is 0 Å². The summed E-state index contributed by atoms with van der Waals surface area (Å²) in [6.45, 7) is 0. The molecule has 0 unspecified atom stereocenters. The van der Waals surface area contributed by atoms with Gasteiger partial charge in [-0.2, -0.15) is 13.2 Å². The number of hydrogen-bond acceptors (Lipinski definition) is 3. The fourth-order valence-corrected chi connectivity index (χ4v) is 1.80. The number of hydrogen-bond donors (Lipinski definition) is 0. The molecule has 0 atom stereocenters. The van der Waals surface area contributed by atoms with Crippen LogP contribution in [0.25, 0.3) is 6.08 Å². The van der Waals surface area contributed by atoms with Gasteiger partial charge in [-0.1, -0.05) is 23.7 Å². The van der Waals surface area contributed by atoms with E-state index in [0.717, 1.165) is 13.2 Å². The molecule has 0 aliphatic heterocycles. The normalized spacial score (nSPS) is 12.4. The number of alkyl halides is 3. The van der Waals surface area contributed by atoms with Crippen LogP contribution in [0.4, 0.5) is 13.2 Å². The van der Waals surface area contributed by atoms with Crippen LogP contribution in [0.15, 0.2) is 29.2 Å². The minimum absolute atomic E-state index is 0.427. The Balaban J connectivity index is 3.02. The molecule has 0 heterocycles. The Morgan fingerprint density at radius 2 is 1.89 bits per heavy atom. The summed E-state index contributed by atoms with van der Waals surface area (Å²) >= 11 is 5.13. The van der Waals surface area contributed by atoms with Gasteiger partial charge in [-0.15, -0.1) is 0 Å². The highest BCUT2D eigenvalue weighted by Gasteiger charge is 2.33. The lowest BCUT2D eigenvalue weighted by Crippen LogP contribution is -2.08. The molecule has 0 aliphatic rings. The van der Waals surface area contributed by atoms with Gasteiger partial charge in [0.15, 0.2) is 0 Å². The fourth-order valence-electron chi connectivity index (χ4n) is 1.07. The number of esters is 1. The van der Waals surface area contributed by atoms with Crippen LogP contribution in [0, 0.1) is 0 Å². The van der Waals surface area contributed by atoms with Crippen LogP contribution in [0.3, 0.4) is 0 Å². The Hall–Kier alpha value is -1.14. The predicted molar refractivity (Wildman–Crippen MR) is 65.1 cm³/mol. The highest BCUT2D eigenvalue weighted by Crippen LogP contribution is 2.37. The first-order valence-corrected chi connectivity index (χ1v) is 5.82. The van der Waals surface area contributed by atoms with Crippen LogP contribution >= 0.6 is 23.4 Å². The third-order valence-corrected chi connectivity index (χ3v) is 2.77. The average Bonchev–Trinajstić information content (AvgIpc) is 2.28. The van der Waals surface area contributed by atoms with Crippen molar-refractivity contribution in [1.29, 1.82) is 0 Å². The molecular weight excluding hydrogens is 289 g/mol.